The van der Waals surface area contributed by atoms with Crippen LogP contribution < -0.4 is 5.32 Å². The summed E-state index contributed by atoms with van der Waals surface area (Å²) in [7, 11) is 0. The van der Waals surface area contributed by atoms with Gasteiger partial charge in [-0.25, -0.2) is 0 Å². The molecule has 3 nitrogen and oxygen atoms in total. The summed E-state index contributed by atoms with van der Waals surface area (Å²) >= 11 is 1.50. The Kier molecular flexibility index (Phi) is 6.01. The number of carbonyl (C=O) groups excluding carboxylic acids is 1. The molecule has 0 aliphatic rings. The van der Waals surface area contributed by atoms with Crippen LogP contribution in [-0.2, 0) is 10.4 Å². The summed E-state index contributed by atoms with van der Waals surface area (Å²) in [5, 5.41) is 15.1. The number of carbonyl (C=O) groups is 1. The van der Waals surface area contributed by atoms with Gasteiger partial charge in [0.1, 0.15) is 5.60 Å². The summed E-state index contributed by atoms with van der Waals surface area (Å²) in [6.07, 6.45) is 1.58. The lowest BCUT2D eigenvalue weighted by molar-refractivity contribution is -0.123. The fourth-order valence-electron chi connectivity index (χ4n) is 2.22. The second-order valence-corrected chi connectivity index (χ2v) is 6.91. The van der Waals surface area contributed by atoms with Crippen molar-refractivity contribution in [2.45, 2.75) is 46.1 Å². The highest BCUT2D eigenvalue weighted by atomic mass is 32.1. The van der Waals surface area contributed by atoms with Crippen molar-refractivity contribution in [3.05, 3.63) is 22.4 Å². The number of aliphatic hydroxyl groups is 1. The lowest BCUT2D eigenvalue weighted by Crippen LogP contribution is -2.38. The average Bonchev–Trinajstić information content (AvgIpc) is 2.79. The summed E-state index contributed by atoms with van der Waals surface area (Å²) in [5.41, 5.74) is -0.981. The largest absolute Gasteiger partial charge is 0.383 e. The predicted molar refractivity (Wildman–Crippen MR) is 80.1 cm³/mol. The molecule has 2 unspecified atom stereocenters. The van der Waals surface area contributed by atoms with Crippen molar-refractivity contribution in [2.24, 2.45) is 11.8 Å². The molecular weight excluding hydrogens is 258 g/mol. The Bertz CT molecular complexity index is 385. The summed E-state index contributed by atoms with van der Waals surface area (Å²) in [6, 6.07) is 3.79. The molecule has 2 N–H and O–H groups in total. The standard InChI is InChI=1S/C15H25NO2S/c1-11(2)8-12(3)9-14(17)16-10-15(4,18)13-6-5-7-19-13/h5-7,11-12,18H,8-10H2,1-4H3,(H,16,17). The topological polar surface area (TPSA) is 49.3 Å². The molecule has 0 aliphatic carbocycles. The minimum Gasteiger partial charge on any atom is -0.383 e. The molecule has 1 aromatic heterocycles. The first kappa shape index (κ1) is 16.2. The lowest BCUT2D eigenvalue weighted by Gasteiger charge is -2.23. The molecule has 0 saturated heterocycles. The summed E-state index contributed by atoms with van der Waals surface area (Å²) < 4.78 is 0. The van der Waals surface area contributed by atoms with Gasteiger partial charge in [-0.1, -0.05) is 26.8 Å². The van der Waals surface area contributed by atoms with Crippen molar-refractivity contribution >= 4 is 17.2 Å². The molecule has 1 rings (SSSR count). The number of amides is 1. The smallest absolute Gasteiger partial charge is 0.220 e. The maximum atomic E-state index is 11.8. The first-order valence-electron chi connectivity index (χ1n) is 6.84. The minimum atomic E-state index is -0.981. The van der Waals surface area contributed by atoms with E-state index < -0.39 is 5.60 Å². The molecule has 1 heterocycles. The highest BCUT2D eigenvalue weighted by molar-refractivity contribution is 7.10. The number of rotatable bonds is 7. The molecular formula is C15H25NO2S. The van der Waals surface area contributed by atoms with E-state index in [-0.39, 0.29) is 12.5 Å². The number of thiophene rings is 1. The third-order valence-electron chi connectivity index (χ3n) is 3.09. The molecule has 1 amide bonds. The highest BCUT2D eigenvalue weighted by Gasteiger charge is 2.25. The normalized spacial score (nSPS) is 16.1. The quantitative estimate of drug-likeness (QED) is 0.807. The van der Waals surface area contributed by atoms with Gasteiger partial charge in [0.05, 0.1) is 6.54 Å². The molecule has 108 valence electrons. The first-order valence-corrected chi connectivity index (χ1v) is 7.72. The summed E-state index contributed by atoms with van der Waals surface area (Å²) in [4.78, 5) is 12.7. The van der Waals surface area contributed by atoms with E-state index in [1.54, 1.807) is 6.92 Å². The maximum Gasteiger partial charge on any atom is 0.220 e. The Labute approximate surface area is 120 Å². The zero-order chi connectivity index (χ0) is 14.5. The Balaban J connectivity index is 2.38. The molecule has 0 aromatic carbocycles. The fourth-order valence-corrected chi connectivity index (χ4v) is 3.01. The van der Waals surface area contributed by atoms with Gasteiger partial charge in [-0.3, -0.25) is 4.79 Å². The monoisotopic (exact) mass is 283 g/mol. The Morgan fingerprint density at radius 3 is 2.68 bits per heavy atom. The van der Waals surface area contributed by atoms with Crippen molar-refractivity contribution in [3.63, 3.8) is 0 Å². The Morgan fingerprint density at radius 2 is 2.16 bits per heavy atom. The highest BCUT2D eigenvalue weighted by Crippen LogP contribution is 2.24. The molecule has 0 radical (unpaired) electrons. The molecule has 0 spiro atoms. The van der Waals surface area contributed by atoms with E-state index in [9.17, 15) is 9.90 Å². The van der Waals surface area contributed by atoms with Gasteiger partial charge in [0.15, 0.2) is 0 Å². The van der Waals surface area contributed by atoms with Crippen molar-refractivity contribution in [2.75, 3.05) is 6.54 Å². The van der Waals surface area contributed by atoms with E-state index in [1.165, 1.54) is 11.3 Å². The third-order valence-corrected chi connectivity index (χ3v) is 4.21. The van der Waals surface area contributed by atoms with Crippen LogP contribution in [0.2, 0.25) is 0 Å². The van der Waals surface area contributed by atoms with Gasteiger partial charge in [-0.05, 0) is 36.6 Å². The van der Waals surface area contributed by atoms with Crippen molar-refractivity contribution in [1.82, 2.24) is 5.32 Å². The van der Waals surface area contributed by atoms with E-state index in [2.05, 4.69) is 26.1 Å². The zero-order valence-corrected chi connectivity index (χ0v) is 13.1. The molecule has 0 fully saturated rings. The van der Waals surface area contributed by atoms with Crippen molar-refractivity contribution in [1.29, 1.82) is 0 Å². The zero-order valence-electron chi connectivity index (χ0n) is 12.3. The van der Waals surface area contributed by atoms with Crippen LogP contribution in [0.15, 0.2) is 17.5 Å². The molecule has 0 saturated carbocycles. The summed E-state index contributed by atoms with van der Waals surface area (Å²) in [5.74, 6) is 1.01. The lowest BCUT2D eigenvalue weighted by atomic mass is 9.95. The SMILES string of the molecule is CC(C)CC(C)CC(=O)NCC(C)(O)c1cccs1. The fraction of sp³-hybridized carbons (Fsp3) is 0.667. The third kappa shape index (κ3) is 5.74. The van der Waals surface area contributed by atoms with Gasteiger partial charge >= 0.3 is 0 Å². The van der Waals surface area contributed by atoms with E-state index in [4.69, 9.17) is 0 Å². The van der Waals surface area contributed by atoms with E-state index in [0.29, 0.717) is 18.3 Å². The van der Waals surface area contributed by atoms with E-state index in [1.807, 2.05) is 17.5 Å². The number of nitrogens with one attached hydrogen (secondary N) is 1. The van der Waals surface area contributed by atoms with Gasteiger partial charge in [0.25, 0.3) is 0 Å². The molecule has 0 bridgehead atoms. The van der Waals surface area contributed by atoms with Crippen LogP contribution >= 0.6 is 11.3 Å². The average molecular weight is 283 g/mol. The molecule has 2 atom stereocenters. The molecule has 1 aromatic rings. The predicted octanol–water partition coefficient (Wildman–Crippen LogP) is 3.14. The van der Waals surface area contributed by atoms with Crippen LogP contribution in [0.5, 0.6) is 0 Å². The number of hydrogen-bond acceptors (Lipinski definition) is 3. The van der Waals surface area contributed by atoms with Crippen LogP contribution in [0.1, 0.15) is 45.4 Å². The van der Waals surface area contributed by atoms with Crippen LogP contribution in [0.4, 0.5) is 0 Å². The van der Waals surface area contributed by atoms with Crippen LogP contribution in [0, 0.1) is 11.8 Å². The van der Waals surface area contributed by atoms with E-state index in [0.717, 1.165) is 11.3 Å². The minimum absolute atomic E-state index is 0.0185. The van der Waals surface area contributed by atoms with Gasteiger partial charge in [-0.15, -0.1) is 11.3 Å². The molecule has 19 heavy (non-hydrogen) atoms. The number of hydrogen-bond donors (Lipinski definition) is 2. The van der Waals surface area contributed by atoms with Crippen molar-refractivity contribution in [3.8, 4) is 0 Å². The maximum absolute atomic E-state index is 11.8. The van der Waals surface area contributed by atoms with Crippen LogP contribution in [0.25, 0.3) is 0 Å². The van der Waals surface area contributed by atoms with Gasteiger partial charge < -0.3 is 10.4 Å². The molecule has 4 heteroatoms. The van der Waals surface area contributed by atoms with Gasteiger partial charge in [-0.2, -0.15) is 0 Å². The second kappa shape index (κ2) is 7.06. The van der Waals surface area contributed by atoms with Crippen LogP contribution in [0.3, 0.4) is 0 Å². The first-order chi connectivity index (χ1) is 8.81. The van der Waals surface area contributed by atoms with Gasteiger partial charge in [0.2, 0.25) is 5.91 Å². The van der Waals surface area contributed by atoms with E-state index >= 15 is 0 Å². The van der Waals surface area contributed by atoms with Gasteiger partial charge in [0, 0.05) is 11.3 Å². The molecule has 0 aliphatic heterocycles. The van der Waals surface area contributed by atoms with Crippen LogP contribution in [-0.4, -0.2) is 17.6 Å². The Hall–Kier alpha value is -0.870. The Morgan fingerprint density at radius 1 is 1.47 bits per heavy atom. The van der Waals surface area contributed by atoms with Crippen molar-refractivity contribution < 1.29 is 9.90 Å². The second-order valence-electron chi connectivity index (χ2n) is 5.97. The summed E-state index contributed by atoms with van der Waals surface area (Å²) in [6.45, 7) is 8.42.